The molecule has 3 heterocycles. The largest absolute Gasteiger partial charge is 0.394 e. The van der Waals surface area contributed by atoms with Crippen LogP contribution in [0.5, 0.6) is 0 Å². The van der Waals surface area contributed by atoms with Gasteiger partial charge >= 0.3 is 0 Å². The first kappa shape index (κ1) is 15.0. The van der Waals surface area contributed by atoms with Gasteiger partial charge in [-0.05, 0) is 12.1 Å². The quantitative estimate of drug-likeness (QED) is 0.528. The molecule has 3 rings (SSSR count). The van der Waals surface area contributed by atoms with Crippen molar-refractivity contribution in [3.8, 4) is 11.4 Å². The fraction of sp³-hybridized carbons (Fsp3) is 0.462. The van der Waals surface area contributed by atoms with Crippen molar-refractivity contribution in [3.05, 3.63) is 30.6 Å². The maximum atomic E-state index is 10.0. The van der Waals surface area contributed by atoms with Gasteiger partial charge in [0.25, 0.3) is 0 Å². The highest BCUT2D eigenvalue weighted by Gasteiger charge is 2.44. The number of rotatable bonds is 3. The van der Waals surface area contributed by atoms with E-state index in [1.807, 2.05) is 0 Å². The van der Waals surface area contributed by atoms with Gasteiger partial charge in [-0.15, -0.1) is 5.10 Å². The fourth-order valence-electron chi connectivity index (χ4n) is 2.33. The van der Waals surface area contributed by atoms with Crippen molar-refractivity contribution in [2.45, 2.75) is 30.6 Å². The number of aromatic nitrogens is 4. The molecule has 0 bridgehead atoms. The van der Waals surface area contributed by atoms with Gasteiger partial charge in [-0.1, -0.05) is 11.3 Å². The van der Waals surface area contributed by atoms with E-state index in [4.69, 9.17) is 4.74 Å². The van der Waals surface area contributed by atoms with Crippen molar-refractivity contribution in [2.24, 2.45) is 0 Å². The molecule has 0 spiro atoms. The molecule has 1 aliphatic rings. The number of hydrogen-bond acceptors (Lipinski definition) is 8. The predicted molar refractivity (Wildman–Crippen MR) is 72.3 cm³/mol. The molecule has 0 aliphatic carbocycles. The number of aliphatic hydroxyl groups is 4. The van der Waals surface area contributed by atoms with Gasteiger partial charge < -0.3 is 25.2 Å². The van der Waals surface area contributed by atoms with Gasteiger partial charge in [0.2, 0.25) is 0 Å². The van der Waals surface area contributed by atoms with E-state index in [1.165, 1.54) is 10.9 Å². The second-order valence-corrected chi connectivity index (χ2v) is 5.02. The highest BCUT2D eigenvalue weighted by Crippen LogP contribution is 2.28. The van der Waals surface area contributed by atoms with E-state index in [-0.39, 0.29) is 0 Å². The van der Waals surface area contributed by atoms with Crippen molar-refractivity contribution < 1.29 is 25.2 Å². The third-order valence-electron chi connectivity index (χ3n) is 3.57. The van der Waals surface area contributed by atoms with Crippen molar-refractivity contribution in [2.75, 3.05) is 6.61 Å². The second-order valence-electron chi connectivity index (χ2n) is 5.02. The molecule has 0 aromatic carbocycles. The molecule has 5 atom stereocenters. The smallest absolute Gasteiger partial charge is 0.180 e. The molecule has 22 heavy (non-hydrogen) atoms. The number of hydrogen-bond donors (Lipinski definition) is 4. The molecular weight excluding hydrogens is 292 g/mol. The van der Waals surface area contributed by atoms with Gasteiger partial charge in [0.15, 0.2) is 6.23 Å². The van der Waals surface area contributed by atoms with Crippen LogP contribution in [0.1, 0.15) is 6.23 Å². The lowest BCUT2D eigenvalue weighted by molar-refractivity contribution is -0.254. The average Bonchev–Trinajstić information content (AvgIpc) is 3.04. The summed E-state index contributed by atoms with van der Waals surface area (Å²) in [5.74, 6) is 0. The minimum atomic E-state index is -1.46. The Kier molecular flexibility index (Phi) is 4.14. The molecule has 1 fully saturated rings. The normalized spacial score (nSPS) is 32.1. The summed E-state index contributed by atoms with van der Waals surface area (Å²) in [4.78, 5) is 4.14. The fourth-order valence-corrected chi connectivity index (χ4v) is 2.33. The van der Waals surface area contributed by atoms with Crippen molar-refractivity contribution in [3.63, 3.8) is 0 Å². The lowest BCUT2D eigenvalue weighted by Crippen LogP contribution is -2.56. The van der Waals surface area contributed by atoms with Crippen molar-refractivity contribution >= 4 is 0 Å². The Morgan fingerprint density at radius 1 is 1.09 bits per heavy atom. The lowest BCUT2D eigenvalue weighted by Gasteiger charge is -2.39. The zero-order valence-corrected chi connectivity index (χ0v) is 11.5. The molecule has 118 valence electrons. The molecule has 1 aliphatic heterocycles. The van der Waals surface area contributed by atoms with E-state index < -0.39 is 37.3 Å². The molecule has 0 saturated carbocycles. The first-order valence-corrected chi connectivity index (χ1v) is 6.75. The average molecular weight is 308 g/mol. The molecule has 9 heteroatoms. The Morgan fingerprint density at radius 2 is 1.91 bits per heavy atom. The Balaban J connectivity index is 1.86. The Morgan fingerprint density at radius 3 is 2.59 bits per heavy atom. The highest BCUT2D eigenvalue weighted by atomic mass is 16.6. The third kappa shape index (κ3) is 2.60. The van der Waals surface area contributed by atoms with Crippen LogP contribution in [0.3, 0.4) is 0 Å². The maximum absolute atomic E-state index is 10.0. The monoisotopic (exact) mass is 308 g/mol. The Bertz CT molecular complexity index is 620. The first-order valence-electron chi connectivity index (χ1n) is 6.75. The SMILES string of the molecule is OC[C@H]1O[C@@H](n2cc(-c3ccccn3)nn2)[C@H](O)[C@@H](O)[C@@H]1O. The molecule has 0 unspecified atom stereocenters. The van der Waals surface area contributed by atoms with Crippen LogP contribution in [0.15, 0.2) is 30.6 Å². The Hall–Kier alpha value is -1.91. The summed E-state index contributed by atoms with van der Waals surface area (Å²) in [7, 11) is 0. The summed E-state index contributed by atoms with van der Waals surface area (Å²) >= 11 is 0. The number of pyridine rings is 1. The molecule has 0 amide bonds. The summed E-state index contributed by atoms with van der Waals surface area (Å²) in [6, 6.07) is 5.32. The van der Waals surface area contributed by atoms with Gasteiger partial charge in [-0.25, -0.2) is 4.68 Å². The van der Waals surface area contributed by atoms with Crippen LogP contribution in [0.2, 0.25) is 0 Å². The zero-order valence-electron chi connectivity index (χ0n) is 11.5. The molecule has 0 radical (unpaired) electrons. The van der Waals surface area contributed by atoms with Crippen LogP contribution in [0.25, 0.3) is 11.4 Å². The third-order valence-corrected chi connectivity index (χ3v) is 3.57. The summed E-state index contributed by atoms with van der Waals surface area (Å²) in [5, 5.41) is 46.6. The summed E-state index contributed by atoms with van der Waals surface area (Å²) in [6.07, 6.45) is -3.21. The highest BCUT2D eigenvalue weighted by molar-refractivity contribution is 5.51. The van der Waals surface area contributed by atoms with E-state index >= 15 is 0 Å². The number of nitrogens with zero attached hydrogens (tertiary/aromatic N) is 4. The lowest BCUT2D eigenvalue weighted by atomic mass is 9.98. The minimum absolute atomic E-state index is 0.470. The first-order chi connectivity index (χ1) is 10.6. The van der Waals surface area contributed by atoms with Crippen LogP contribution in [-0.2, 0) is 4.74 Å². The van der Waals surface area contributed by atoms with Gasteiger partial charge in [0.1, 0.15) is 30.1 Å². The van der Waals surface area contributed by atoms with E-state index in [0.29, 0.717) is 11.4 Å². The van der Waals surface area contributed by atoms with Crippen LogP contribution in [0, 0.1) is 0 Å². The molecular formula is C13H16N4O5. The van der Waals surface area contributed by atoms with E-state index in [1.54, 1.807) is 24.4 Å². The number of aliphatic hydroxyl groups excluding tert-OH is 4. The summed E-state index contributed by atoms with van der Waals surface area (Å²) in [6.45, 7) is -0.497. The van der Waals surface area contributed by atoms with E-state index in [2.05, 4.69) is 15.3 Å². The summed E-state index contributed by atoms with van der Waals surface area (Å²) in [5.41, 5.74) is 1.07. The van der Waals surface area contributed by atoms with Crippen LogP contribution in [-0.4, -0.2) is 71.4 Å². The molecule has 2 aromatic heterocycles. The van der Waals surface area contributed by atoms with Gasteiger partial charge in [0.05, 0.1) is 18.5 Å². The second kappa shape index (κ2) is 6.07. The van der Waals surface area contributed by atoms with E-state index in [0.717, 1.165) is 0 Å². The van der Waals surface area contributed by atoms with Crippen molar-refractivity contribution in [1.82, 2.24) is 20.0 Å². The van der Waals surface area contributed by atoms with Crippen LogP contribution < -0.4 is 0 Å². The van der Waals surface area contributed by atoms with Gasteiger partial charge in [-0.3, -0.25) is 4.98 Å². The summed E-state index contributed by atoms with van der Waals surface area (Å²) < 4.78 is 6.62. The number of ether oxygens (including phenoxy) is 1. The molecule has 9 nitrogen and oxygen atoms in total. The van der Waals surface area contributed by atoms with Crippen LogP contribution in [0.4, 0.5) is 0 Å². The Labute approximate surface area is 125 Å². The zero-order chi connectivity index (χ0) is 15.7. The minimum Gasteiger partial charge on any atom is -0.394 e. The predicted octanol–water partition coefficient (Wildman–Crippen LogP) is -1.69. The van der Waals surface area contributed by atoms with Crippen LogP contribution >= 0.6 is 0 Å². The maximum Gasteiger partial charge on any atom is 0.180 e. The molecule has 1 saturated heterocycles. The van der Waals surface area contributed by atoms with Crippen molar-refractivity contribution in [1.29, 1.82) is 0 Å². The van der Waals surface area contributed by atoms with Gasteiger partial charge in [-0.2, -0.15) is 0 Å². The standard InChI is InChI=1S/C13H16N4O5/c18-6-9-10(19)11(20)12(21)13(22-9)17-5-8(15-16-17)7-3-1-2-4-14-7/h1-5,9-13,18-21H,6H2/t9-,10-,11+,12-,13-/m1/s1. The topological polar surface area (TPSA) is 134 Å². The molecule has 2 aromatic rings. The van der Waals surface area contributed by atoms with Gasteiger partial charge in [0, 0.05) is 6.20 Å². The van der Waals surface area contributed by atoms with E-state index in [9.17, 15) is 20.4 Å². The molecule has 4 N–H and O–H groups in total.